The third-order valence-corrected chi connectivity index (χ3v) is 7.41. The second-order valence-corrected chi connectivity index (χ2v) is 10.5. The van der Waals surface area contributed by atoms with Gasteiger partial charge in [0.1, 0.15) is 0 Å². The van der Waals surface area contributed by atoms with Gasteiger partial charge in [0.05, 0.1) is 28.4 Å². The maximum atomic E-state index is 13.5. The molecule has 2 amide bonds. The highest BCUT2D eigenvalue weighted by molar-refractivity contribution is 7.12. The Morgan fingerprint density at radius 3 is 2.80 bits per heavy atom. The molecule has 0 saturated carbocycles. The lowest BCUT2D eigenvalue weighted by atomic mass is 10.1. The number of benzene rings is 1. The predicted octanol–water partition coefficient (Wildman–Crippen LogP) is 4.58. The van der Waals surface area contributed by atoms with Crippen molar-refractivity contribution in [2.75, 3.05) is 11.9 Å². The molecule has 1 aromatic carbocycles. The molecule has 35 heavy (non-hydrogen) atoms. The summed E-state index contributed by atoms with van der Waals surface area (Å²) in [5.41, 5.74) is 10.3. The van der Waals surface area contributed by atoms with E-state index in [0.717, 1.165) is 35.4 Å². The fourth-order valence-corrected chi connectivity index (χ4v) is 5.75. The van der Waals surface area contributed by atoms with Gasteiger partial charge in [-0.25, -0.2) is 4.98 Å². The van der Waals surface area contributed by atoms with Crippen molar-refractivity contribution in [3.8, 4) is 11.3 Å². The van der Waals surface area contributed by atoms with Gasteiger partial charge in [-0.05, 0) is 70.0 Å². The highest BCUT2D eigenvalue weighted by atomic mass is 32.1. The minimum absolute atomic E-state index is 0.238. The Labute approximate surface area is 207 Å². The molecule has 0 bridgehead atoms. The zero-order chi connectivity index (χ0) is 24.7. The Morgan fingerprint density at radius 1 is 1.23 bits per heavy atom. The molecule has 4 aromatic rings. The molecule has 1 saturated heterocycles. The maximum absolute atomic E-state index is 13.5. The van der Waals surface area contributed by atoms with E-state index < -0.39 is 0 Å². The van der Waals surface area contributed by atoms with E-state index in [-0.39, 0.29) is 17.9 Å². The summed E-state index contributed by atoms with van der Waals surface area (Å²) in [5.74, 6) is -0.549. The zero-order valence-corrected chi connectivity index (χ0v) is 20.7. The Morgan fingerprint density at radius 2 is 2.06 bits per heavy atom. The van der Waals surface area contributed by atoms with E-state index in [2.05, 4.69) is 26.4 Å². The van der Waals surface area contributed by atoms with Crippen LogP contribution in [-0.4, -0.2) is 39.4 Å². The van der Waals surface area contributed by atoms with Crippen molar-refractivity contribution in [2.24, 2.45) is 5.73 Å². The van der Waals surface area contributed by atoms with Gasteiger partial charge in [0.15, 0.2) is 0 Å². The van der Waals surface area contributed by atoms with Gasteiger partial charge >= 0.3 is 0 Å². The SMILES string of the molecule is Cc1cc(-c2cc(C(=O)Nc3cccc(CN4CCCC4C(N)=O)c3)c3c(C)noc3n2)c(C)s1. The molecule has 1 aliphatic rings. The summed E-state index contributed by atoms with van der Waals surface area (Å²) in [5, 5.41) is 7.67. The number of carbonyl (C=O) groups is 2. The van der Waals surface area contributed by atoms with Crippen LogP contribution in [0.2, 0.25) is 0 Å². The second kappa shape index (κ2) is 9.24. The number of fused-ring (bicyclic) bond motifs is 1. The molecular formula is C26H27N5O3S. The maximum Gasteiger partial charge on any atom is 0.259 e. The monoisotopic (exact) mass is 489 g/mol. The van der Waals surface area contributed by atoms with E-state index in [9.17, 15) is 9.59 Å². The predicted molar refractivity (Wildman–Crippen MR) is 136 cm³/mol. The minimum atomic E-state index is -0.287. The molecule has 3 N–H and O–H groups in total. The minimum Gasteiger partial charge on any atom is -0.368 e. The first-order valence-corrected chi connectivity index (χ1v) is 12.4. The first kappa shape index (κ1) is 23.2. The second-order valence-electron chi connectivity index (χ2n) is 9.02. The normalized spacial score (nSPS) is 16.1. The van der Waals surface area contributed by atoms with Crippen molar-refractivity contribution in [3.63, 3.8) is 0 Å². The first-order valence-electron chi connectivity index (χ1n) is 11.6. The van der Waals surface area contributed by atoms with Gasteiger partial charge in [0.2, 0.25) is 5.91 Å². The number of nitrogens with two attached hydrogens (primary N) is 1. The van der Waals surface area contributed by atoms with Crippen LogP contribution in [-0.2, 0) is 11.3 Å². The molecule has 0 aliphatic carbocycles. The molecule has 1 unspecified atom stereocenters. The molecule has 3 aromatic heterocycles. The van der Waals surface area contributed by atoms with Gasteiger partial charge < -0.3 is 15.6 Å². The Bertz CT molecular complexity index is 1440. The number of rotatable bonds is 6. The topological polar surface area (TPSA) is 114 Å². The van der Waals surface area contributed by atoms with Gasteiger partial charge in [0, 0.05) is 27.5 Å². The van der Waals surface area contributed by atoms with E-state index in [1.165, 1.54) is 4.88 Å². The fraction of sp³-hybridized carbons (Fsp3) is 0.308. The van der Waals surface area contributed by atoms with E-state index in [4.69, 9.17) is 10.3 Å². The summed E-state index contributed by atoms with van der Waals surface area (Å²) in [4.78, 5) is 34.2. The smallest absolute Gasteiger partial charge is 0.259 e. The van der Waals surface area contributed by atoms with Gasteiger partial charge in [-0.3, -0.25) is 14.5 Å². The van der Waals surface area contributed by atoms with Gasteiger partial charge in [-0.15, -0.1) is 11.3 Å². The van der Waals surface area contributed by atoms with Crippen molar-refractivity contribution in [3.05, 3.63) is 63.0 Å². The van der Waals surface area contributed by atoms with Crippen molar-refractivity contribution in [1.82, 2.24) is 15.0 Å². The molecule has 1 fully saturated rings. The van der Waals surface area contributed by atoms with Crippen LogP contribution in [0.4, 0.5) is 5.69 Å². The summed E-state index contributed by atoms with van der Waals surface area (Å²) < 4.78 is 5.44. The summed E-state index contributed by atoms with van der Waals surface area (Å²) in [7, 11) is 0. The summed E-state index contributed by atoms with van der Waals surface area (Å²) in [6.07, 6.45) is 1.74. The number of likely N-dealkylation sites (tertiary alicyclic amines) is 1. The van der Waals surface area contributed by atoms with Crippen LogP contribution in [0.5, 0.6) is 0 Å². The van der Waals surface area contributed by atoms with Crippen molar-refractivity contribution >= 4 is 39.9 Å². The van der Waals surface area contributed by atoms with Crippen LogP contribution < -0.4 is 11.1 Å². The number of amides is 2. The molecular weight excluding hydrogens is 462 g/mol. The number of aryl methyl sites for hydroxylation is 3. The number of anilines is 1. The summed E-state index contributed by atoms with van der Waals surface area (Å²) >= 11 is 1.69. The van der Waals surface area contributed by atoms with Crippen LogP contribution >= 0.6 is 11.3 Å². The van der Waals surface area contributed by atoms with E-state index in [1.807, 2.05) is 44.2 Å². The number of hydrogen-bond donors (Lipinski definition) is 2. The van der Waals surface area contributed by atoms with Crippen molar-refractivity contribution in [1.29, 1.82) is 0 Å². The molecule has 0 spiro atoms. The number of carbonyl (C=O) groups excluding carboxylic acids is 2. The molecule has 8 nitrogen and oxygen atoms in total. The number of nitrogens with one attached hydrogen (secondary N) is 1. The number of pyridine rings is 1. The lowest BCUT2D eigenvalue weighted by Crippen LogP contribution is -2.39. The van der Waals surface area contributed by atoms with E-state index >= 15 is 0 Å². The zero-order valence-electron chi connectivity index (χ0n) is 19.9. The lowest BCUT2D eigenvalue weighted by Gasteiger charge is -2.22. The first-order chi connectivity index (χ1) is 16.8. The van der Waals surface area contributed by atoms with Crippen molar-refractivity contribution < 1.29 is 14.1 Å². The standard InChI is InChI=1S/C26H27N5O3S/c1-14-10-19(16(3)35-14)21-12-20(23-15(2)30-34-26(23)29-21)25(33)28-18-7-4-6-17(11-18)13-31-9-5-8-22(31)24(27)32/h4,6-7,10-12,22H,5,8-9,13H2,1-3H3,(H2,27,32)(H,28,33). The number of hydrogen-bond acceptors (Lipinski definition) is 7. The van der Waals surface area contributed by atoms with E-state index in [0.29, 0.717) is 40.3 Å². The molecule has 5 rings (SSSR count). The molecule has 1 atom stereocenters. The number of nitrogens with zero attached hydrogens (tertiary/aromatic N) is 3. The summed E-state index contributed by atoms with van der Waals surface area (Å²) in [6, 6.07) is 11.3. The van der Waals surface area contributed by atoms with Gasteiger partial charge in [0.25, 0.3) is 11.6 Å². The van der Waals surface area contributed by atoms with Crippen LogP contribution in [0.1, 0.15) is 44.2 Å². The quantitative estimate of drug-likeness (QED) is 0.410. The van der Waals surface area contributed by atoms with Gasteiger partial charge in [-0.2, -0.15) is 0 Å². The molecule has 1 aliphatic heterocycles. The lowest BCUT2D eigenvalue weighted by molar-refractivity contribution is -0.122. The van der Waals surface area contributed by atoms with Gasteiger partial charge in [-0.1, -0.05) is 17.3 Å². The molecule has 180 valence electrons. The third kappa shape index (κ3) is 4.56. The molecule has 0 radical (unpaired) electrons. The van der Waals surface area contributed by atoms with E-state index in [1.54, 1.807) is 18.3 Å². The highest BCUT2D eigenvalue weighted by Gasteiger charge is 2.29. The van der Waals surface area contributed by atoms with Crippen LogP contribution in [0, 0.1) is 20.8 Å². The van der Waals surface area contributed by atoms with Crippen LogP contribution in [0.15, 0.2) is 40.9 Å². The third-order valence-electron chi connectivity index (χ3n) is 6.44. The Hall–Kier alpha value is -3.56. The fourth-order valence-electron chi connectivity index (χ4n) is 4.81. The Kier molecular flexibility index (Phi) is 6.12. The molecule has 4 heterocycles. The van der Waals surface area contributed by atoms with Crippen LogP contribution in [0.3, 0.4) is 0 Å². The molecule has 9 heteroatoms. The Balaban J connectivity index is 1.44. The van der Waals surface area contributed by atoms with Crippen LogP contribution in [0.25, 0.3) is 22.4 Å². The number of aromatic nitrogens is 2. The highest BCUT2D eigenvalue weighted by Crippen LogP contribution is 2.33. The number of primary amides is 1. The summed E-state index contributed by atoms with van der Waals surface area (Å²) in [6.45, 7) is 7.32. The average molecular weight is 490 g/mol. The average Bonchev–Trinajstić information content (AvgIpc) is 3.52. The number of thiophene rings is 1. The largest absolute Gasteiger partial charge is 0.368 e. The van der Waals surface area contributed by atoms with Crippen molar-refractivity contribution in [2.45, 2.75) is 46.2 Å².